The molecule has 0 spiro atoms. The fraction of sp³-hybridized carbons (Fsp3) is 0.444. The molecule has 1 aromatic heterocycles. The number of methoxy groups -OCH3 is 1. The van der Waals surface area contributed by atoms with E-state index in [1.807, 2.05) is 25.1 Å². The summed E-state index contributed by atoms with van der Waals surface area (Å²) in [7, 11) is 3.34. The molecule has 3 rings (SSSR count). The number of carbonyl (C=O) groups is 1. The van der Waals surface area contributed by atoms with E-state index in [0.717, 1.165) is 29.7 Å². The number of amides is 1. The first-order valence-corrected chi connectivity index (χ1v) is 8.11. The Labute approximate surface area is 141 Å². The number of rotatable bonds is 4. The van der Waals surface area contributed by atoms with E-state index in [1.165, 1.54) is 0 Å². The number of hydrogen-bond acceptors (Lipinski definition) is 4. The van der Waals surface area contributed by atoms with Gasteiger partial charge < -0.3 is 15.2 Å². The smallest absolute Gasteiger partial charge is 0.269 e. The Balaban J connectivity index is 1.80. The summed E-state index contributed by atoms with van der Waals surface area (Å²) in [5, 5.41) is 18.2. The van der Waals surface area contributed by atoms with Crippen LogP contribution in [0, 0.1) is 6.92 Å². The minimum absolute atomic E-state index is 0.163. The minimum Gasteiger partial charge on any atom is -0.497 e. The number of aromatic nitrogens is 2. The van der Waals surface area contributed by atoms with Gasteiger partial charge in [0.15, 0.2) is 0 Å². The largest absolute Gasteiger partial charge is 0.497 e. The van der Waals surface area contributed by atoms with E-state index in [4.69, 9.17) is 4.74 Å². The Kier molecular flexibility index (Phi) is 4.32. The van der Waals surface area contributed by atoms with E-state index >= 15 is 0 Å². The van der Waals surface area contributed by atoms with E-state index in [2.05, 4.69) is 10.4 Å². The molecule has 1 amide bonds. The van der Waals surface area contributed by atoms with Crippen molar-refractivity contribution in [2.24, 2.45) is 7.05 Å². The van der Waals surface area contributed by atoms with Gasteiger partial charge in [0.2, 0.25) is 0 Å². The summed E-state index contributed by atoms with van der Waals surface area (Å²) in [6.45, 7) is 2.00. The lowest BCUT2D eigenvalue weighted by Gasteiger charge is -2.35. The third kappa shape index (κ3) is 3.01. The molecule has 2 aromatic rings. The van der Waals surface area contributed by atoms with E-state index in [9.17, 15) is 9.90 Å². The van der Waals surface area contributed by atoms with Crippen molar-refractivity contribution in [1.29, 1.82) is 0 Å². The second kappa shape index (κ2) is 6.28. The minimum atomic E-state index is -1.08. The van der Waals surface area contributed by atoms with Crippen LogP contribution in [0.1, 0.15) is 40.2 Å². The van der Waals surface area contributed by atoms with Crippen LogP contribution in [0.5, 0.6) is 5.75 Å². The van der Waals surface area contributed by atoms with E-state index in [-0.39, 0.29) is 12.5 Å². The molecular formula is C18H23N3O3. The second-order valence-corrected chi connectivity index (χ2v) is 6.39. The molecule has 0 aliphatic heterocycles. The van der Waals surface area contributed by atoms with Crippen molar-refractivity contribution in [3.8, 4) is 5.75 Å². The molecule has 128 valence electrons. The highest BCUT2D eigenvalue weighted by molar-refractivity contribution is 5.92. The van der Waals surface area contributed by atoms with Crippen LogP contribution in [0.3, 0.4) is 0 Å². The molecule has 6 heteroatoms. The number of carbonyl (C=O) groups excluding carboxylic acids is 1. The third-order valence-corrected chi connectivity index (χ3v) is 4.63. The van der Waals surface area contributed by atoms with Crippen molar-refractivity contribution in [3.05, 3.63) is 46.8 Å². The first-order chi connectivity index (χ1) is 11.4. The molecule has 0 saturated heterocycles. The predicted molar refractivity (Wildman–Crippen MR) is 90.1 cm³/mol. The van der Waals surface area contributed by atoms with Gasteiger partial charge >= 0.3 is 0 Å². The molecule has 6 nitrogen and oxygen atoms in total. The Morgan fingerprint density at radius 1 is 1.46 bits per heavy atom. The summed E-state index contributed by atoms with van der Waals surface area (Å²) in [4.78, 5) is 12.4. The third-order valence-electron chi connectivity index (χ3n) is 4.63. The summed E-state index contributed by atoms with van der Waals surface area (Å²) in [6, 6.07) is 7.50. The number of fused-ring (bicyclic) bond motifs is 1. The van der Waals surface area contributed by atoms with Crippen molar-refractivity contribution >= 4 is 5.91 Å². The monoisotopic (exact) mass is 329 g/mol. The Bertz CT molecular complexity index is 769. The van der Waals surface area contributed by atoms with Crippen molar-refractivity contribution in [2.75, 3.05) is 13.7 Å². The quantitative estimate of drug-likeness (QED) is 0.895. The molecule has 1 unspecified atom stereocenters. The average molecular weight is 329 g/mol. The van der Waals surface area contributed by atoms with Crippen molar-refractivity contribution in [1.82, 2.24) is 15.1 Å². The Morgan fingerprint density at radius 3 is 2.92 bits per heavy atom. The molecule has 1 aromatic carbocycles. The lowest BCUT2D eigenvalue weighted by atomic mass is 9.79. The molecule has 2 N–H and O–H groups in total. The zero-order chi connectivity index (χ0) is 17.3. The highest BCUT2D eigenvalue weighted by atomic mass is 16.5. The van der Waals surface area contributed by atoms with Crippen LogP contribution in [0.25, 0.3) is 0 Å². The number of hydrogen-bond donors (Lipinski definition) is 2. The first kappa shape index (κ1) is 16.5. The van der Waals surface area contributed by atoms with Crippen LogP contribution in [0.4, 0.5) is 0 Å². The second-order valence-electron chi connectivity index (χ2n) is 6.39. The normalized spacial score (nSPS) is 19.7. The van der Waals surface area contributed by atoms with Gasteiger partial charge in [-0.25, -0.2) is 0 Å². The van der Waals surface area contributed by atoms with Gasteiger partial charge in [-0.05, 0) is 55.5 Å². The molecule has 1 atom stereocenters. The van der Waals surface area contributed by atoms with E-state index < -0.39 is 5.60 Å². The predicted octanol–water partition coefficient (Wildman–Crippen LogP) is 1.69. The average Bonchev–Trinajstić information content (AvgIpc) is 2.91. The van der Waals surface area contributed by atoms with Gasteiger partial charge in [-0.1, -0.05) is 6.07 Å². The highest BCUT2D eigenvalue weighted by Gasteiger charge is 2.35. The maximum absolute atomic E-state index is 12.4. The van der Waals surface area contributed by atoms with Crippen LogP contribution in [-0.2, 0) is 19.1 Å². The molecule has 0 fully saturated rings. The fourth-order valence-corrected chi connectivity index (χ4v) is 3.36. The summed E-state index contributed by atoms with van der Waals surface area (Å²) in [5.41, 5.74) is 2.14. The Hall–Kier alpha value is -2.34. The molecule has 0 radical (unpaired) electrons. The lowest BCUT2D eigenvalue weighted by molar-refractivity contribution is 0.0186. The van der Waals surface area contributed by atoms with Crippen molar-refractivity contribution < 1.29 is 14.6 Å². The SMILES string of the molecule is COc1ccc2c(c1)C(O)(CNC(=O)c1cc(C)nn1C)CCC2. The van der Waals surface area contributed by atoms with Crippen molar-refractivity contribution in [3.63, 3.8) is 0 Å². The lowest BCUT2D eigenvalue weighted by Crippen LogP contribution is -2.43. The van der Waals surface area contributed by atoms with Gasteiger partial charge in [0.05, 0.1) is 19.3 Å². The van der Waals surface area contributed by atoms with Crippen LogP contribution < -0.4 is 10.1 Å². The molecule has 1 aliphatic rings. The number of aryl methyl sites for hydroxylation is 3. The standard InChI is InChI=1S/C18H23N3O3/c1-12-9-16(21(2)20-12)17(22)19-11-18(23)8-4-5-13-6-7-14(24-3)10-15(13)18/h6-7,9-10,23H,4-5,8,11H2,1-3H3,(H,19,22). The Morgan fingerprint density at radius 2 is 2.25 bits per heavy atom. The van der Waals surface area contributed by atoms with Crippen LogP contribution in [0.2, 0.25) is 0 Å². The van der Waals surface area contributed by atoms with E-state index in [0.29, 0.717) is 17.9 Å². The summed E-state index contributed by atoms with van der Waals surface area (Å²) in [5.74, 6) is 0.476. The van der Waals surface area contributed by atoms with Gasteiger partial charge in [0.25, 0.3) is 5.91 Å². The maximum atomic E-state index is 12.4. The van der Waals surface area contributed by atoms with Crippen LogP contribution in [-0.4, -0.2) is 34.4 Å². The highest BCUT2D eigenvalue weighted by Crippen LogP contribution is 2.37. The van der Waals surface area contributed by atoms with Gasteiger partial charge in [-0.15, -0.1) is 0 Å². The molecule has 0 bridgehead atoms. The van der Waals surface area contributed by atoms with Gasteiger partial charge in [0.1, 0.15) is 17.0 Å². The topological polar surface area (TPSA) is 76.4 Å². The van der Waals surface area contributed by atoms with Gasteiger partial charge in [0, 0.05) is 7.05 Å². The maximum Gasteiger partial charge on any atom is 0.269 e. The summed E-state index contributed by atoms with van der Waals surface area (Å²) >= 11 is 0. The molecular weight excluding hydrogens is 306 g/mol. The fourth-order valence-electron chi connectivity index (χ4n) is 3.36. The number of benzene rings is 1. The molecule has 0 saturated carbocycles. The summed E-state index contributed by atoms with van der Waals surface area (Å²) in [6.07, 6.45) is 2.42. The number of nitrogens with one attached hydrogen (secondary N) is 1. The van der Waals surface area contributed by atoms with Crippen LogP contribution >= 0.6 is 0 Å². The zero-order valence-corrected chi connectivity index (χ0v) is 14.3. The van der Waals surface area contributed by atoms with E-state index in [1.54, 1.807) is 24.9 Å². The summed E-state index contributed by atoms with van der Waals surface area (Å²) < 4.78 is 6.83. The van der Waals surface area contributed by atoms with Crippen LogP contribution in [0.15, 0.2) is 24.3 Å². The molecule has 24 heavy (non-hydrogen) atoms. The number of aliphatic hydroxyl groups is 1. The van der Waals surface area contributed by atoms with Gasteiger partial charge in [-0.3, -0.25) is 9.48 Å². The number of nitrogens with zero attached hydrogens (tertiary/aromatic N) is 2. The van der Waals surface area contributed by atoms with Crippen molar-refractivity contribution in [2.45, 2.75) is 31.8 Å². The molecule has 1 aliphatic carbocycles. The van der Waals surface area contributed by atoms with Gasteiger partial charge in [-0.2, -0.15) is 5.10 Å². The number of ether oxygens (including phenoxy) is 1. The zero-order valence-electron chi connectivity index (χ0n) is 14.3. The first-order valence-electron chi connectivity index (χ1n) is 8.11. The molecule has 1 heterocycles.